The second-order valence-corrected chi connectivity index (χ2v) is 7.79. The van der Waals surface area contributed by atoms with Gasteiger partial charge in [-0.25, -0.2) is 4.98 Å². The highest BCUT2D eigenvalue weighted by Crippen LogP contribution is 2.25. The summed E-state index contributed by atoms with van der Waals surface area (Å²) in [5.74, 6) is -0.441. The predicted octanol–water partition coefficient (Wildman–Crippen LogP) is 3.69. The van der Waals surface area contributed by atoms with E-state index >= 15 is 0 Å². The number of nitrogens with zero attached hydrogens (tertiary/aromatic N) is 2. The van der Waals surface area contributed by atoms with Gasteiger partial charge in [0.1, 0.15) is 0 Å². The molecule has 0 unspecified atom stereocenters. The van der Waals surface area contributed by atoms with Crippen LogP contribution in [0.3, 0.4) is 0 Å². The van der Waals surface area contributed by atoms with E-state index in [1.54, 1.807) is 23.6 Å². The number of primary amides is 1. The van der Waals surface area contributed by atoms with E-state index in [2.05, 4.69) is 11.9 Å². The van der Waals surface area contributed by atoms with Crippen LogP contribution in [-0.4, -0.2) is 20.7 Å². The molecule has 6 heteroatoms. The average Bonchev–Trinajstić information content (AvgIpc) is 2.67. The van der Waals surface area contributed by atoms with Gasteiger partial charge in [-0.1, -0.05) is 49.4 Å². The van der Waals surface area contributed by atoms with E-state index in [-0.39, 0.29) is 5.56 Å². The molecule has 0 radical (unpaired) electrons. The maximum absolute atomic E-state index is 13.2. The van der Waals surface area contributed by atoms with E-state index in [1.165, 1.54) is 17.3 Å². The number of benzene rings is 2. The van der Waals surface area contributed by atoms with Crippen molar-refractivity contribution in [1.29, 1.82) is 0 Å². The minimum Gasteiger partial charge on any atom is -0.369 e. The lowest BCUT2D eigenvalue weighted by Gasteiger charge is -2.15. The van der Waals surface area contributed by atoms with Crippen LogP contribution >= 0.6 is 11.8 Å². The molecule has 0 saturated heterocycles. The van der Waals surface area contributed by atoms with Crippen molar-refractivity contribution in [3.8, 4) is 5.69 Å². The number of unbranched alkanes of at least 4 members (excludes halogenated alkanes) is 1. The number of nitrogens with two attached hydrogens (primary N) is 1. The summed E-state index contributed by atoms with van der Waals surface area (Å²) in [7, 11) is 0. The summed E-state index contributed by atoms with van der Waals surface area (Å²) in [6.07, 6.45) is 3.29. The predicted molar refractivity (Wildman–Crippen MR) is 110 cm³/mol. The van der Waals surface area contributed by atoms with Gasteiger partial charge >= 0.3 is 0 Å². The number of aryl methyl sites for hydroxylation is 1. The molecule has 1 atom stereocenters. The number of carbonyl (C=O) groups is 1. The second-order valence-electron chi connectivity index (χ2n) is 6.48. The minimum absolute atomic E-state index is 0.152. The molecule has 0 fully saturated rings. The molecule has 0 spiro atoms. The fourth-order valence-corrected chi connectivity index (χ4v) is 3.71. The van der Waals surface area contributed by atoms with Gasteiger partial charge in [0.2, 0.25) is 5.91 Å². The van der Waals surface area contributed by atoms with Crippen LogP contribution in [0.4, 0.5) is 0 Å². The molecule has 0 aliphatic heterocycles. The molecule has 2 N–H and O–H groups in total. The van der Waals surface area contributed by atoms with Gasteiger partial charge in [-0.2, -0.15) is 0 Å². The van der Waals surface area contributed by atoms with E-state index in [1.807, 2.05) is 36.4 Å². The molecule has 0 aliphatic carbocycles. The number of aromatic nitrogens is 2. The standard InChI is InChI=1S/C21H23N3O2S/c1-3-4-7-15-10-12-16(13-11-15)24-20(26)17-8-5-6-9-18(17)23-21(24)27-14(2)19(22)25/h5-6,8-14H,3-4,7H2,1-2H3,(H2,22,25)/t14-/m0/s1. The lowest BCUT2D eigenvalue weighted by Crippen LogP contribution is -2.26. The van der Waals surface area contributed by atoms with E-state index in [0.29, 0.717) is 16.1 Å². The summed E-state index contributed by atoms with van der Waals surface area (Å²) in [5.41, 5.74) is 7.84. The Labute approximate surface area is 162 Å². The lowest BCUT2D eigenvalue weighted by atomic mass is 10.1. The smallest absolute Gasteiger partial charge is 0.266 e. The molecule has 1 heterocycles. The summed E-state index contributed by atoms with van der Waals surface area (Å²) < 4.78 is 1.57. The van der Waals surface area contributed by atoms with Gasteiger partial charge in [-0.3, -0.25) is 14.2 Å². The number of amides is 1. The molecule has 0 aliphatic rings. The minimum atomic E-state index is -0.492. The zero-order valence-electron chi connectivity index (χ0n) is 15.5. The van der Waals surface area contributed by atoms with Crippen LogP contribution in [0, 0.1) is 0 Å². The van der Waals surface area contributed by atoms with Crippen molar-refractivity contribution in [2.24, 2.45) is 5.73 Å². The zero-order valence-corrected chi connectivity index (χ0v) is 16.3. The Morgan fingerprint density at radius 3 is 2.56 bits per heavy atom. The average molecular weight is 382 g/mol. The quantitative estimate of drug-likeness (QED) is 0.500. The summed E-state index contributed by atoms with van der Waals surface area (Å²) in [6.45, 7) is 3.88. The summed E-state index contributed by atoms with van der Waals surface area (Å²) >= 11 is 1.20. The third-order valence-electron chi connectivity index (χ3n) is 4.44. The Morgan fingerprint density at radius 2 is 1.89 bits per heavy atom. The molecule has 140 valence electrons. The Kier molecular flexibility index (Phi) is 5.96. The van der Waals surface area contributed by atoms with Crippen LogP contribution in [0.25, 0.3) is 16.6 Å². The molecule has 2 aromatic carbocycles. The maximum Gasteiger partial charge on any atom is 0.266 e. The molecule has 1 amide bonds. The van der Waals surface area contributed by atoms with Crippen molar-refractivity contribution in [3.05, 3.63) is 64.4 Å². The number of hydrogen-bond donors (Lipinski definition) is 1. The van der Waals surface area contributed by atoms with Gasteiger partial charge in [0, 0.05) is 0 Å². The fraction of sp³-hybridized carbons (Fsp3) is 0.286. The number of carbonyl (C=O) groups excluding carboxylic acids is 1. The Bertz CT molecular complexity index is 1010. The highest BCUT2D eigenvalue weighted by Gasteiger charge is 2.18. The van der Waals surface area contributed by atoms with Crippen LogP contribution in [0.1, 0.15) is 32.3 Å². The zero-order chi connectivity index (χ0) is 19.4. The molecule has 3 rings (SSSR count). The SMILES string of the molecule is CCCCc1ccc(-n2c(S[C@@H](C)C(N)=O)nc3ccccc3c2=O)cc1. The highest BCUT2D eigenvalue weighted by molar-refractivity contribution is 8.00. The van der Waals surface area contributed by atoms with Crippen molar-refractivity contribution in [1.82, 2.24) is 9.55 Å². The van der Waals surface area contributed by atoms with Crippen LogP contribution in [0.5, 0.6) is 0 Å². The number of hydrogen-bond acceptors (Lipinski definition) is 4. The van der Waals surface area contributed by atoms with Gasteiger partial charge in [-0.15, -0.1) is 0 Å². The topological polar surface area (TPSA) is 78.0 Å². The van der Waals surface area contributed by atoms with Crippen molar-refractivity contribution >= 4 is 28.6 Å². The normalized spacial score (nSPS) is 12.2. The Morgan fingerprint density at radius 1 is 1.19 bits per heavy atom. The van der Waals surface area contributed by atoms with Crippen LogP contribution in [0.15, 0.2) is 58.5 Å². The molecule has 0 saturated carbocycles. The third-order valence-corrected chi connectivity index (χ3v) is 5.51. The van der Waals surface area contributed by atoms with Crippen molar-refractivity contribution < 1.29 is 4.79 Å². The monoisotopic (exact) mass is 381 g/mol. The van der Waals surface area contributed by atoms with E-state index in [9.17, 15) is 9.59 Å². The first-order chi connectivity index (χ1) is 13.0. The number of fused-ring (bicyclic) bond motifs is 1. The molecular formula is C21H23N3O2S. The Hall–Kier alpha value is -2.60. The largest absolute Gasteiger partial charge is 0.369 e. The summed E-state index contributed by atoms with van der Waals surface area (Å²) in [4.78, 5) is 29.3. The summed E-state index contributed by atoms with van der Waals surface area (Å²) in [5, 5.41) is 0.517. The maximum atomic E-state index is 13.2. The molecule has 27 heavy (non-hydrogen) atoms. The van der Waals surface area contributed by atoms with Gasteiger partial charge in [0.15, 0.2) is 5.16 Å². The second kappa shape index (κ2) is 8.39. The van der Waals surface area contributed by atoms with Crippen LogP contribution in [0.2, 0.25) is 0 Å². The number of rotatable bonds is 7. The number of thioether (sulfide) groups is 1. The molecule has 5 nitrogen and oxygen atoms in total. The van der Waals surface area contributed by atoms with E-state index in [0.717, 1.165) is 24.9 Å². The van der Waals surface area contributed by atoms with E-state index < -0.39 is 11.2 Å². The van der Waals surface area contributed by atoms with Gasteiger partial charge < -0.3 is 5.73 Å². The summed E-state index contributed by atoms with van der Waals surface area (Å²) in [6, 6.07) is 15.2. The van der Waals surface area contributed by atoms with Crippen molar-refractivity contribution in [2.75, 3.05) is 0 Å². The van der Waals surface area contributed by atoms with Gasteiger partial charge in [-0.05, 0) is 49.6 Å². The molecule has 3 aromatic rings. The Balaban J connectivity index is 2.12. The first-order valence-corrected chi connectivity index (χ1v) is 9.96. The highest BCUT2D eigenvalue weighted by atomic mass is 32.2. The van der Waals surface area contributed by atoms with Gasteiger partial charge in [0.25, 0.3) is 5.56 Å². The molecular weight excluding hydrogens is 358 g/mol. The first kappa shape index (κ1) is 19.2. The van der Waals surface area contributed by atoms with Crippen molar-refractivity contribution in [3.63, 3.8) is 0 Å². The van der Waals surface area contributed by atoms with Gasteiger partial charge in [0.05, 0.1) is 21.8 Å². The van der Waals surface area contributed by atoms with Crippen LogP contribution in [-0.2, 0) is 11.2 Å². The fourth-order valence-electron chi connectivity index (χ4n) is 2.83. The van der Waals surface area contributed by atoms with E-state index in [4.69, 9.17) is 5.73 Å². The van der Waals surface area contributed by atoms with Crippen LogP contribution < -0.4 is 11.3 Å². The van der Waals surface area contributed by atoms with Crippen molar-refractivity contribution in [2.45, 2.75) is 43.5 Å². The lowest BCUT2D eigenvalue weighted by molar-refractivity contribution is -0.117. The number of para-hydroxylation sites is 1. The first-order valence-electron chi connectivity index (χ1n) is 9.08. The molecule has 0 bridgehead atoms. The third kappa shape index (κ3) is 4.22. The molecule has 1 aromatic heterocycles.